The zero-order valence-corrected chi connectivity index (χ0v) is 10.8. The molecule has 1 aliphatic heterocycles. The fourth-order valence-electron chi connectivity index (χ4n) is 1.91. The van der Waals surface area contributed by atoms with Gasteiger partial charge in [-0.15, -0.1) is 0 Å². The smallest absolute Gasteiger partial charge is 0.0785 e. The first-order valence-corrected chi connectivity index (χ1v) is 6.56. The molecule has 0 unspecified atom stereocenters. The van der Waals surface area contributed by atoms with Gasteiger partial charge in [0.1, 0.15) is 0 Å². The second-order valence-electron chi connectivity index (χ2n) is 4.10. The van der Waals surface area contributed by atoms with Gasteiger partial charge in [-0.2, -0.15) is 5.10 Å². The molecule has 3 nitrogen and oxygen atoms in total. The number of hydrogen-bond acceptors (Lipinski definition) is 2. The second kappa shape index (κ2) is 4.85. The zero-order valence-electron chi connectivity index (χ0n) is 8.46. The molecule has 1 aromatic rings. The summed E-state index contributed by atoms with van der Waals surface area (Å²) in [6.07, 6.45) is 5.72. The minimum Gasteiger partial charge on any atom is -0.381 e. The summed E-state index contributed by atoms with van der Waals surface area (Å²) in [6.45, 7) is 2.61. The normalized spacial score (nSPS) is 20.4. The highest BCUT2D eigenvalue weighted by molar-refractivity contribution is 9.09. The van der Waals surface area contributed by atoms with E-state index in [2.05, 4.69) is 21.0 Å². The Morgan fingerprint density at radius 2 is 2.27 bits per heavy atom. The molecule has 0 amide bonds. The van der Waals surface area contributed by atoms with Gasteiger partial charge in [-0.1, -0.05) is 27.5 Å². The Balaban J connectivity index is 2.06. The predicted octanol–water partition coefficient (Wildman–Crippen LogP) is 2.73. The third-order valence-corrected chi connectivity index (χ3v) is 4.32. The van der Waals surface area contributed by atoms with E-state index in [0.29, 0.717) is 5.02 Å². The fourth-order valence-corrected chi connectivity index (χ4v) is 2.80. The molecule has 0 aliphatic carbocycles. The van der Waals surface area contributed by atoms with Gasteiger partial charge in [-0.25, -0.2) is 0 Å². The van der Waals surface area contributed by atoms with E-state index in [1.54, 1.807) is 6.20 Å². The van der Waals surface area contributed by atoms with E-state index in [0.717, 1.165) is 37.9 Å². The highest BCUT2D eigenvalue weighted by Crippen LogP contribution is 2.34. The summed E-state index contributed by atoms with van der Waals surface area (Å²) < 4.78 is 7.32. The summed E-state index contributed by atoms with van der Waals surface area (Å²) in [5.41, 5.74) is 0.271. The molecule has 0 aromatic carbocycles. The topological polar surface area (TPSA) is 27.1 Å². The van der Waals surface area contributed by atoms with Crippen LogP contribution in [-0.2, 0) is 11.3 Å². The van der Waals surface area contributed by atoms with Crippen molar-refractivity contribution < 1.29 is 4.74 Å². The van der Waals surface area contributed by atoms with E-state index in [1.165, 1.54) is 0 Å². The molecule has 1 aromatic heterocycles. The highest BCUT2D eigenvalue weighted by atomic mass is 79.9. The Bertz CT molecular complexity index is 323. The summed E-state index contributed by atoms with van der Waals surface area (Å²) >= 11 is 9.45. The van der Waals surface area contributed by atoms with Crippen LogP contribution >= 0.6 is 27.5 Å². The maximum Gasteiger partial charge on any atom is 0.0785 e. The van der Waals surface area contributed by atoms with Crippen LogP contribution in [0.15, 0.2) is 12.4 Å². The molecule has 1 fully saturated rings. The Morgan fingerprint density at radius 3 is 2.80 bits per heavy atom. The summed E-state index contributed by atoms with van der Waals surface area (Å²) in [6, 6.07) is 0. The van der Waals surface area contributed by atoms with Crippen LogP contribution in [-0.4, -0.2) is 28.3 Å². The lowest BCUT2D eigenvalue weighted by atomic mass is 9.82. The van der Waals surface area contributed by atoms with Crippen molar-refractivity contribution in [3.63, 3.8) is 0 Å². The van der Waals surface area contributed by atoms with Crippen LogP contribution in [0.25, 0.3) is 0 Å². The molecule has 84 valence electrons. The SMILES string of the molecule is Clc1cnn(CC2(CBr)CCOCC2)c1. The number of nitrogens with zero attached hydrogens (tertiary/aromatic N) is 2. The predicted molar refractivity (Wildman–Crippen MR) is 63.5 cm³/mol. The van der Waals surface area contributed by atoms with Gasteiger partial charge in [0.25, 0.3) is 0 Å². The largest absolute Gasteiger partial charge is 0.381 e. The van der Waals surface area contributed by atoms with Crippen LogP contribution in [0, 0.1) is 5.41 Å². The molecule has 0 spiro atoms. The van der Waals surface area contributed by atoms with Crippen molar-refractivity contribution in [2.24, 2.45) is 5.41 Å². The average molecular weight is 294 g/mol. The zero-order chi connectivity index (χ0) is 10.7. The molecule has 15 heavy (non-hydrogen) atoms. The number of rotatable bonds is 3. The van der Waals surface area contributed by atoms with Crippen molar-refractivity contribution in [1.29, 1.82) is 0 Å². The number of halogens is 2. The van der Waals surface area contributed by atoms with Gasteiger partial charge in [0.15, 0.2) is 0 Å². The van der Waals surface area contributed by atoms with E-state index < -0.39 is 0 Å². The maximum absolute atomic E-state index is 5.85. The van der Waals surface area contributed by atoms with E-state index in [1.807, 2.05) is 10.9 Å². The van der Waals surface area contributed by atoms with Crippen LogP contribution in [0.5, 0.6) is 0 Å². The lowest BCUT2D eigenvalue weighted by Gasteiger charge is -2.35. The lowest BCUT2D eigenvalue weighted by molar-refractivity contribution is 0.0170. The minimum atomic E-state index is 0.271. The van der Waals surface area contributed by atoms with Gasteiger partial charge in [-0.05, 0) is 12.8 Å². The lowest BCUT2D eigenvalue weighted by Crippen LogP contribution is -2.35. The molecule has 0 N–H and O–H groups in total. The van der Waals surface area contributed by atoms with Crippen LogP contribution in [0.3, 0.4) is 0 Å². The van der Waals surface area contributed by atoms with Crippen molar-refractivity contribution in [2.45, 2.75) is 19.4 Å². The second-order valence-corrected chi connectivity index (χ2v) is 5.10. The number of ether oxygens (including phenoxy) is 1. The molecule has 2 heterocycles. The quantitative estimate of drug-likeness (QED) is 0.801. The number of alkyl halides is 1. The molecule has 2 rings (SSSR count). The third-order valence-electron chi connectivity index (χ3n) is 2.94. The molecule has 0 radical (unpaired) electrons. The van der Waals surface area contributed by atoms with Crippen LogP contribution in [0.2, 0.25) is 5.02 Å². The summed E-state index contributed by atoms with van der Waals surface area (Å²) in [5, 5.41) is 5.91. The maximum atomic E-state index is 5.85. The average Bonchev–Trinajstić information content (AvgIpc) is 2.65. The van der Waals surface area contributed by atoms with E-state index in [9.17, 15) is 0 Å². The van der Waals surface area contributed by atoms with Crippen molar-refractivity contribution in [1.82, 2.24) is 9.78 Å². The summed E-state index contributed by atoms with van der Waals surface area (Å²) in [4.78, 5) is 0. The van der Waals surface area contributed by atoms with Crippen molar-refractivity contribution in [3.8, 4) is 0 Å². The van der Waals surface area contributed by atoms with E-state index in [-0.39, 0.29) is 5.41 Å². The first kappa shape index (κ1) is 11.4. The Morgan fingerprint density at radius 1 is 1.53 bits per heavy atom. The molecular formula is C10H14BrClN2O. The molecule has 0 atom stereocenters. The Hall–Kier alpha value is -0.0600. The standard InChI is InChI=1S/C10H14BrClN2O/c11-7-10(1-3-15-4-2-10)8-14-6-9(12)5-13-14/h5-6H,1-4,7-8H2. The first-order valence-electron chi connectivity index (χ1n) is 5.06. The van der Waals surface area contributed by atoms with E-state index in [4.69, 9.17) is 16.3 Å². The number of aromatic nitrogens is 2. The third kappa shape index (κ3) is 2.74. The molecule has 0 bridgehead atoms. The number of hydrogen-bond donors (Lipinski definition) is 0. The van der Waals surface area contributed by atoms with Crippen molar-refractivity contribution in [3.05, 3.63) is 17.4 Å². The van der Waals surface area contributed by atoms with Crippen LogP contribution < -0.4 is 0 Å². The summed E-state index contributed by atoms with van der Waals surface area (Å²) in [7, 11) is 0. The van der Waals surface area contributed by atoms with Gasteiger partial charge in [0, 0.05) is 36.7 Å². The molecular weight excluding hydrogens is 279 g/mol. The van der Waals surface area contributed by atoms with Crippen LogP contribution in [0.4, 0.5) is 0 Å². The summed E-state index contributed by atoms with van der Waals surface area (Å²) in [5.74, 6) is 0. The monoisotopic (exact) mass is 292 g/mol. The molecule has 0 saturated carbocycles. The van der Waals surface area contributed by atoms with Crippen molar-refractivity contribution in [2.75, 3.05) is 18.5 Å². The molecule has 1 saturated heterocycles. The Labute approximate surface area is 103 Å². The first-order chi connectivity index (χ1) is 7.24. The Kier molecular flexibility index (Phi) is 3.69. The highest BCUT2D eigenvalue weighted by Gasteiger charge is 2.32. The minimum absolute atomic E-state index is 0.271. The van der Waals surface area contributed by atoms with Crippen molar-refractivity contribution >= 4 is 27.5 Å². The fraction of sp³-hybridized carbons (Fsp3) is 0.700. The van der Waals surface area contributed by atoms with Gasteiger partial charge >= 0.3 is 0 Å². The van der Waals surface area contributed by atoms with Gasteiger partial charge in [-0.3, -0.25) is 4.68 Å². The molecule has 5 heteroatoms. The van der Waals surface area contributed by atoms with Gasteiger partial charge < -0.3 is 4.74 Å². The van der Waals surface area contributed by atoms with Crippen LogP contribution in [0.1, 0.15) is 12.8 Å². The molecule has 1 aliphatic rings. The van der Waals surface area contributed by atoms with E-state index >= 15 is 0 Å². The van der Waals surface area contributed by atoms with Gasteiger partial charge in [0.2, 0.25) is 0 Å². The van der Waals surface area contributed by atoms with Gasteiger partial charge in [0.05, 0.1) is 11.2 Å².